The molecule has 8 nitrogen and oxygen atoms in total. The zero-order chi connectivity index (χ0) is 16.4. The predicted molar refractivity (Wildman–Crippen MR) is 81.5 cm³/mol. The average molecular weight is 314 g/mol. The number of carboxylic acids is 1. The number of benzene rings is 1. The maximum Gasteiger partial charge on any atom is 0.325 e. The smallest absolute Gasteiger partial charge is 0.325 e. The molecule has 0 amide bonds. The van der Waals surface area contributed by atoms with Crippen LogP contribution in [0.5, 0.6) is 5.75 Å². The number of rotatable bonds is 5. The molecule has 0 saturated heterocycles. The second-order valence-corrected chi connectivity index (χ2v) is 4.80. The van der Waals surface area contributed by atoms with Crippen molar-refractivity contribution in [2.75, 3.05) is 6.61 Å². The Bertz CT molecular complexity index is 911. The van der Waals surface area contributed by atoms with Gasteiger partial charge in [0.05, 0.1) is 12.3 Å². The highest BCUT2D eigenvalue weighted by molar-refractivity contribution is 5.67. The highest BCUT2D eigenvalue weighted by atomic mass is 16.5. The molecule has 0 spiro atoms. The number of ether oxygens (including phenoxy) is 1. The van der Waals surface area contributed by atoms with Gasteiger partial charge in [0, 0.05) is 5.56 Å². The lowest BCUT2D eigenvalue weighted by atomic mass is 10.1. The molecule has 0 bridgehead atoms. The SMILES string of the molecule is CCOc1ccc(-c2cc3c(=O)n(CC(=O)O)ncn3n2)cc1. The fourth-order valence-corrected chi connectivity index (χ4v) is 2.21. The summed E-state index contributed by atoms with van der Waals surface area (Å²) in [5, 5.41) is 16.9. The maximum absolute atomic E-state index is 12.2. The Morgan fingerprint density at radius 1 is 1.30 bits per heavy atom. The molecule has 0 saturated carbocycles. The lowest BCUT2D eigenvalue weighted by Gasteiger charge is -2.02. The van der Waals surface area contributed by atoms with Gasteiger partial charge in [-0.1, -0.05) is 0 Å². The van der Waals surface area contributed by atoms with Gasteiger partial charge in [-0.3, -0.25) is 9.59 Å². The van der Waals surface area contributed by atoms with Crippen LogP contribution in [0, 0.1) is 0 Å². The van der Waals surface area contributed by atoms with E-state index in [2.05, 4.69) is 10.2 Å². The predicted octanol–water partition coefficient (Wildman–Crippen LogP) is 1.04. The van der Waals surface area contributed by atoms with Gasteiger partial charge in [-0.25, -0.2) is 9.20 Å². The summed E-state index contributed by atoms with van der Waals surface area (Å²) >= 11 is 0. The summed E-state index contributed by atoms with van der Waals surface area (Å²) in [4.78, 5) is 22.9. The summed E-state index contributed by atoms with van der Waals surface area (Å²) in [5.41, 5.74) is 1.19. The van der Waals surface area contributed by atoms with Gasteiger partial charge in [-0.2, -0.15) is 10.2 Å². The first kappa shape index (κ1) is 14.8. The zero-order valence-corrected chi connectivity index (χ0v) is 12.3. The average Bonchev–Trinajstić information content (AvgIpc) is 2.96. The molecule has 0 aliphatic rings. The Morgan fingerprint density at radius 2 is 2.04 bits per heavy atom. The Labute approximate surface area is 130 Å². The Hall–Kier alpha value is -3.16. The van der Waals surface area contributed by atoms with Gasteiger partial charge in [0.25, 0.3) is 5.56 Å². The first-order valence-electron chi connectivity index (χ1n) is 6.99. The van der Waals surface area contributed by atoms with Gasteiger partial charge < -0.3 is 9.84 Å². The van der Waals surface area contributed by atoms with Crippen molar-refractivity contribution < 1.29 is 14.6 Å². The minimum absolute atomic E-state index is 0.269. The van der Waals surface area contributed by atoms with E-state index >= 15 is 0 Å². The van der Waals surface area contributed by atoms with Crippen molar-refractivity contribution in [1.82, 2.24) is 19.4 Å². The van der Waals surface area contributed by atoms with E-state index in [9.17, 15) is 9.59 Å². The monoisotopic (exact) mass is 314 g/mol. The maximum atomic E-state index is 12.2. The van der Waals surface area contributed by atoms with Crippen molar-refractivity contribution in [3.8, 4) is 17.0 Å². The lowest BCUT2D eigenvalue weighted by Crippen LogP contribution is -2.27. The summed E-state index contributed by atoms with van der Waals surface area (Å²) in [6.07, 6.45) is 1.32. The van der Waals surface area contributed by atoms with Crippen LogP contribution >= 0.6 is 0 Å². The van der Waals surface area contributed by atoms with Crippen LogP contribution in [-0.2, 0) is 11.3 Å². The first-order chi connectivity index (χ1) is 11.1. The van der Waals surface area contributed by atoms with Gasteiger partial charge >= 0.3 is 5.97 Å². The molecule has 23 heavy (non-hydrogen) atoms. The van der Waals surface area contributed by atoms with Crippen molar-refractivity contribution in [2.24, 2.45) is 0 Å². The van der Waals surface area contributed by atoms with Crippen LogP contribution in [0.25, 0.3) is 16.8 Å². The molecule has 8 heteroatoms. The zero-order valence-electron chi connectivity index (χ0n) is 12.3. The third kappa shape index (κ3) is 2.91. The Morgan fingerprint density at radius 3 is 2.70 bits per heavy atom. The van der Waals surface area contributed by atoms with Gasteiger partial charge in [-0.15, -0.1) is 0 Å². The van der Waals surface area contributed by atoms with Gasteiger partial charge in [0.1, 0.15) is 24.1 Å². The van der Waals surface area contributed by atoms with Crippen LogP contribution in [0.2, 0.25) is 0 Å². The molecule has 0 unspecified atom stereocenters. The third-order valence-electron chi connectivity index (χ3n) is 3.24. The number of hydrogen-bond donors (Lipinski definition) is 1. The normalized spacial score (nSPS) is 10.8. The van der Waals surface area contributed by atoms with Gasteiger partial charge in [0.15, 0.2) is 0 Å². The number of aromatic nitrogens is 4. The summed E-state index contributed by atoms with van der Waals surface area (Å²) < 4.78 is 7.61. The second-order valence-electron chi connectivity index (χ2n) is 4.80. The molecule has 118 valence electrons. The molecule has 1 N–H and O–H groups in total. The molecular formula is C15H14N4O4. The highest BCUT2D eigenvalue weighted by Gasteiger charge is 2.11. The number of carboxylic acid groups (broad SMARTS) is 1. The topological polar surface area (TPSA) is 98.7 Å². The molecule has 0 fully saturated rings. The summed E-state index contributed by atoms with van der Waals surface area (Å²) in [6, 6.07) is 8.94. The highest BCUT2D eigenvalue weighted by Crippen LogP contribution is 2.21. The number of nitrogens with zero attached hydrogens (tertiary/aromatic N) is 4. The molecule has 3 aromatic rings. The molecule has 1 aromatic carbocycles. The van der Waals surface area contributed by atoms with E-state index in [1.54, 1.807) is 6.07 Å². The van der Waals surface area contributed by atoms with E-state index in [1.165, 1.54) is 10.8 Å². The Kier molecular flexibility index (Phi) is 3.80. The van der Waals surface area contributed by atoms with Crippen LogP contribution in [0.1, 0.15) is 6.92 Å². The molecule has 0 aliphatic heterocycles. The summed E-state index contributed by atoms with van der Waals surface area (Å²) in [5.74, 6) is -0.374. The third-order valence-corrected chi connectivity index (χ3v) is 3.24. The van der Waals surface area contributed by atoms with Crippen LogP contribution in [0.3, 0.4) is 0 Å². The number of carbonyl (C=O) groups is 1. The van der Waals surface area contributed by atoms with Crippen molar-refractivity contribution in [2.45, 2.75) is 13.5 Å². The Balaban J connectivity index is 2.01. The molecule has 0 radical (unpaired) electrons. The van der Waals surface area contributed by atoms with Crippen LogP contribution in [0.15, 0.2) is 41.5 Å². The van der Waals surface area contributed by atoms with E-state index in [0.717, 1.165) is 16.0 Å². The standard InChI is InChI=1S/C15H14N4O4/c1-2-23-11-5-3-10(4-6-11)12-7-13-15(22)18(8-14(20)21)16-9-19(13)17-12/h3-7,9H,2,8H2,1H3,(H,20,21). The molecule has 3 rings (SSSR count). The number of hydrogen-bond acceptors (Lipinski definition) is 5. The minimum atomic E-state index is -1.13. The van der Waals surface area contributed by atoms with Crippen molar-refractivity contribution >= 4 is 11.5 Å². The first-order valence-corrected chi connectivity index (χ1v) is 6.99. The molecule has 2 heterocycles. The van der Waals surface area contributed by atoms with Crippen LogP contribution < -0.4 is 10.3 Å². The van der Waals surface area contributed by atoms with E-state index in [-0.39, 0.29) is 5.52 Å². The second kappa shape index (κ2) is 5.91. The quantitative estimate of drug-likeness (QED) is 0.755. The summed E-state index contributed by atoms with van der Waals surface area (Å²) in [7, 11) is 0. The number of fused-ring (bicyclic) bond motifs is 1. The van der Waals surface area contributed by atoms with E-state index in [4.69, 9.17) is 9.84 Å². The van der Waals surface area contributed by atoms with Gasteiger partial charge in [0.2, 0.25) is 0 Å². The summed E-state index contributed by atoms with van der Waals surface area (Å²) in [6.45, 7) is 2.01. The molecule has 0 atom stereocenters. The van der Waals surface area contributed by atoms with Crippen LogP contribution in [0.4, 0.5) is 0 Å². The molecule has 0 aliphatic carbocycles. The molecule has 2 aromatic heterocycles. The van der Waals surface area contributed by atoms with E-state index in [0.29, 0.717) is 12.3 Å². The van der Waals surface area contributed by atoms with Gasteiger partial charge in [-0.05, 0) is 37.3 Å². The fourth-order valence-electron chi connectivity index (χ4n) is 2.21. The van der Waals surface area contributed by atoms with Crippen molar-refractivity contribution in [3.05, 3.63) is 47.0 Å². The number of aliphatic carboxylic acids is 1. The molecular weight excluding hydrogens is 300 g/mol. The van der Waals surface area contributed by atoms with E-state index < -0.39 is 18.1 Å². The lowest BCUT2D eigenvalue weighted by molar-refractivity contribution is -0.138. The largest absolute Gasteiger partial charge is 0.494 e. The van der Waals surface area contributed by atoms with E-state index in [1.807, 2.05) is 31.2 Å². The van der Waals surface area contributed by atoms with Crippen molar-refractivity contribution in [1.29, 1.82) is 0 Å². The minimum Gasteiger partial charge on any atom is -0.494 e. The fraction of sp³-hybridized carbons (Fsp3) is 0.200. The van der Waals surface area contributed by atoms with Crippen molar-refractivity contribution in [3.63, 3.8) is 0 Å². The van der Waals surface area contributed by atoms with Crippen LogP contribution in [-0.4, -0.2) is 37.1 Å².